The van der Waals surface area contributed by atoms with Gasteiger partial charge in [0, 0.05) is 36.9 Å². The van der Waals surface area contributed by atoms with Crippen LogP contribution in [0, 0.1) is 0 Å². The first-order chi connectivity index (χ1) is 10.5. The molecule has 0 aliphatic carbocycles. The number of halogens is 2. The first-order valence-electron chi connectivity index (χ1n) is 8.05. The number of nitrogens with one attached hydrogen (secondary N) is 1. The highest BCUT2D eigenvalue weighted by Crippen LogP contribution is 2.12. The van der Waals surface area contributed by atoms with Crippen molar-refractivity contribution >= 4 is 36.4 Å². The first-order valence-corrected chi connectivity index (χ1v) is 8.05. The molecule has 7 heteroatoms. The molecule has 5 nitrogen and oxygen atoms in total. The molecular weight excluding hydrogens is 349 g/mol. The predicted octanol–water partition coefficient (Wildman–Crippen LogP) is 2.73. The third kappa shape index (κ3) is 7.71. The number of carbonyl (C=O) groups is 1. The van der Waals surface area contributed by atoms with Gasteiger partial charge in [0.05, 0.1) is 12.7 Å². The SMILES string of the molecule is CC(C)OCCN1CCC(NC(=O)c2cccc(N)c2)CC1.Cl.Cl. The van der Waals surface area contributed by atoms with Crippen molar-refractivity contribution in [3.05, 3.63) is 29.8 Å². The van der Waals surface area contributed by atoms with Gasteiger partial charge in [-0.25, -0.2) is 0 Å². The van der Waals surface area contributed by atoms with Crippen LogP contribution in [0.4, 0.5) is 5.69 Å². The second-order valence-electron chi connectivity index (χ2n) is 6.13. The van der Waals surface area contributed by atoms with Crippen molar-refractivity contribution in [2.75, 3.05) is 32.0 Å². The number of likely N-dealkylation sites (tertiary alicyclic amines) is 1. The third-order valence-corrected chi connectivity index (χ3v) is 3.93. The molecule has 0 spiro atoms. The topological polar surface area (TPSA) is 67.6 Å². The van der Waals surface area contributed by atoms with Crippen LogP contribution in [0.15, 0.2) is 24.3 Å². The van der Waals surface area contributed by atoms with Gasteiger partial charge in [-0.2, -0.15) is 0 Å². The van der Waals surface area contributed by atoms with Gasteiger partial charge in [-0.3, -0.25) is 4.79 Å². The lowest BCUT2D eigenvalue weighted by Gasteiger charge is -2.32. The van der Waals surface area contributed by atoms with Crippen molar-refractivity contribution < 1.29 is 9.53 Å². The molecule has 1 amide bonds. The molecule has 0 bridgehead atoms. The minimum absolute atomic E-state index is 0. The fourth-order valence-electron chi connectivity index (χ4n) is 2.67. The van der Waals surface area contributed by atoms with Gasteiger partial charge in [-0.1, -0.05) is 6.07 Å². The molecule has 1 aromatic rings. The molecule has 3 N–H and O–H groups in total. The zero-order chi connectivity index (χ0) is 15.9. The molecule has 1 aromatic carbocycles. The first kappa shape index (κ1) is 23.0. The van der Waals surface area contributed by atoms with Crippen LogP contribution in [0.2, 0.25) is 0 Å². The van der Waals surface area contributed by atoms with Crippen LogP contribution >= 0.6 is 24.8 Å². The van der Waals surface area contributed by atoms with Crippen molar-refractivity contribution in [2.24, 2.45) is 0 Å². The van der Waals surface area contributed by atoms with Crippen LogP contribution in [0.1, 0.15) is 37.0 Å². The third-order valence-electron chi connectivity index (χ3n) is 3.93. The van der Waals surface area contributed by atoms with Gasteiger partial charge < -0.3 is 20.7 Å². The highest BCUT2D eigenvalue weighted by molar-refractivity contribution is 5.95. The van der Waals surface area contributed by atoms with E-state index in [1.165, 1.54) is 0 Å². The molecule has 0 saturated carbocycles. The van der Waals surface area contributed by atoms with E-state index in [9.17, 15) is 4.79 Å². The summed E-state index contributed by atoms with van der Waals surface area (Å²) in [6.45, 7) is 7.86. The summed E-state index contributed by atoms with van der Waals surface area (Å²) in [5.41, 5.74) is 6.97. The van der Waals surface area contributed by atoms with Gasteiger partial charge in [0.2, 0.25) is 0 Å². The maximum absolute atomic E-state index is 12.2. The highest BCUT2D eigenvalue weighted by Gasteiger charge is 2.21. The van der Waals surface area contributed by atoms with Gasteiger partial charge in [0.1, 0.15) is 0 Å². The van der Waals surface area contributed by atoms with E-state index in [2.05, 4.69) is 24.1 Å². The summed E-state index contributed by atoms with van der Waals surface area (Å²) in [6, 6.07) is 7.35. The molecule has 0 atom stereocenters. The van der Waals surface area contributed by atoms with Crippen LogP contribution in [0.5, 0.6) is 0 Å². The predicted molar refractivity (Wildman–Crippen MR) is 103 cm³/mol. The normalized spacial score (nSPS) is 15.5. The van der Waals surface area contributed by atoms with Crippen molar-refractivity contribution in [3.8, 4) is 0 Å². The number of hydrogen-bond donors (Lipinski definition) is 2. The Kier molecular flexibility index (Phi) is 11.0. The van der Waals surface area contributed by atoms with E-state index in [4.69, 9.17) is 10.5 Å². The van der Waals surface area contributed by atoms with Crippen LogP contribution < -0.4 is 11.1 Å². The average Bonchev–Trinajstić information content (AvgIpc) is 2.48. The number of rotatable bonds is 6. The molecule has 1 fully saturated rings. The Balaban J connectivity index is 0.00000264. The molecule has 0 unspecified atom stereocenters. The number of anilines is 1. The number of carbonyl (C=O) groups excluding carboxylic acids is 1. The van der Waals surface area contributed by atoms with E-state index < -0.39 is 0 Å². The summed E-state index contributed by atoms with van der Waals surface area (Å²) < 4.78 is 5.58. The van der Waals surface area contributed by atoms with E-state index in [1.54, 1.807) is 18.2 Å². The Morgan fingerprint density at radius 3 is 2.58 bits per heavy atom. The summed E-state index contributed by atoms with van der Waals surface area (Å²) in [5.74, 6) is -0.0334. The molecule has 1 saturated heterocycles. The Bertz CT molecular complexity index is 492. The van der Waals surface area contributed by atoms with E-state index in [0.29, 0.717) is 11.3 Å². The van der Waals surface area contributed by atoms with E-state index in [0.717, 1.165) is 39.1 Å². The minimum Gasteiger partial charge on any atom is -0.399 e. The van der Waals surface area contributed by atoms with Gasteiger partial charge in [0.25, 0.3) is 5.91 Å². The lowest BCUT2D eigenvalue weighted by molar-refractivity contribution is 0.0520. The van der Waals surface area contributed by atoms with E-state index in [1.807, 2.05) is 6.07 Å². The molecule has 138 valence electrons. The van der Waals surface area contributed by atoms with Gasteiger partial charge in [-0.05, 0) is 44.9 Å². The van der Waals surface area contributed by atoms with E-state index in [-0.39, 0.29) is 42.9 Å². The number of nitrogens with zero attached hydrogens (tertiary/aromatic N) is 1. The summed E-state index contributed by atoms with van der Waals surface area (Å²) in [5, 5.41) is 3.10. The Hall–Kier alpha value is -1.01. The van der Waals surface area contributed by atoms with Crippen LogP contribution in [-0.4, -0.2) is 49.2 Å². The number of hydrogen-bond acceptors (Lipinski definition) is 4. The summed E-state index contributed by atoms with van der Waals surface area (Å²) in [4.78, 5) is 14.6. The molecule has 2 rings (SSSR count). The van der Waals surface area contributed by atoms with Crippen molar-refractivity contribution in [1.82, 2.24) is 10.2 Å². The number of benzene rings is 1. The zero-order valence-electron chi connectivity index (χ0n) is 14.4. The molecule has 1 aliphatic heterocycles. The maximum Gasteiger partial charge on any atom is 0.251 e. The van der Waals surface area contributed by atoms with Crippen LogP contribution in [0.25, 0.3) is 0 Å². The fourth-order valence-corrected chi connectivity index (χ4v) is 2.67. The summed E-state index contributed by atoms with van der Waals surface area (Å²) >= 11 is 0. The van der Waals surface area contributed by atoms with Crippen LogP contribution in [0.3, 0.4) is 0 Å². The fraction of sp³-hybridized carbons (Fsp3) is 0.588. The van der Waals surface area contributed by atoms with Crippen molar-refractivity contribution in [2.45, 2.75) is 38.8 Å². The van der Waals surface area contributed by atoms with Crippen molar-refractivity contribution in [3.63, 3.8) is 0 Å². The summed E-state index contributed by atoms with van der Waals surface area (Å²) in [6.07, 6.45) is 2.25. The molecule has 1 aliphatic rings. The van der Waals surface area contributed by atoms with E-state index >= 15 is 0 Å². The number of piperidine rings is 1. The standard InChI is InChI=1S/C17H27N3O2.2ClH/c1-13(2)22-11-10-20-8-6-16(7-9-20)19-17(21)14-4-3-5-15(18)12-14;;/h3-5,12-13,16H,6-11,18H2,1-2H3,(H,19,21);2*1H. The van der Waals surface area contributed by atoms with Crippen molar-refractivity contribution in [1.29, 1.82) is 0 Å². The Morgan fingerprint density at radius 2 is 2.00 bits per heavy atom. The number of nitrogen functional groups attached to an aromatic ring is 1. The lowest BCUT2D eigenvalue weighted by atomic mass is 10.0. The second kappa shape index (κ2) is 11.5. The number of ether oxygens (including phenoxy) is 1. The summed E-state index contributed by atoms with van der Waals surface area (Å²) in [7, 11) is 0. The van der Waals surface area contributed by atoms with Gasteiger partial charge in [0.15, 0.2) is 0 Å². The van der Waals surface area contributed by atoms with Crippen LogP contribution in [-0.2, 0) is 4.74 Å². The number of nitrogens with two attached hydrogens (primary N) is 1. The molecule has 0 radical (unpaired) electrons. The smallest absolute Gasteiger partial charge is 0.251 e. The number of amides is 1. The molecule has 24 heavy (non-hydrogen) atoms. The Labute approximate surface area is 157 Å². The Morgan fingerprint density at radius 1 is 1.33 bits per heavy atom. The second-order valence-corrected chi connectivity index (χ2v) is 6.13. The average molecular weight is 378 g/mol. The monoisotopic (exact) mass is 377 g/mol. The van der Waals surface area contributed by atoms with Gasteiger partial charge >= 0.3 is 0 Å². The highest BCUT2D eigenvalue weighted by atomic mass is 35.5. The quantitative estimate of drug-likeness (QED) is 0.747. The molecule has 1 heterocycles. The molecular formula is C17H29Cl2N3O2. The largest absolute Gasteiger partial charge is 0.399 e. The van der Waals surface area contributed by atoms with Gasteiger partial charge in [-0.15, -0.1) is 24.8 Å². The maximum atomic E-state index is 12.2. The lowest BCUT2D eigenvalue weighted by Crippen LogP contribution is -2.45. The zero-order valence-corrected chi connectivity index (χ0v) is 16.0. The minimum atomic E-state index is -0.0334. The molecule has 0 aromatic heterocycles.